The van der Waals surface area contributed by atoms with Crippen LogP contribution in [-0.2, 0) is 9.59 Å². The molecule has 0 aliphatic heterocycles. The van der Waals surface area contributed by atoms with Crippen molar-refractivity contribution < 1.29 is 18.4 Å². The van der Waals surface area contributed by atoms with Crippen LogP contribution in [0.4, 0.5) is 8.78 Å². The maximum atomic E-state index is 13.5. The minimum absolute atomic E-state index is 0. The number of hydrogen-bond acceptors (Lipinski definition) is 3. The molecule has 0 radical (unpaired) electrons. The molecule has 0 heterocycles. The second kappa shape index (κ2) is 7.76. The van der Waals surface area contributed by atoms with Crippen LogP contribution in [-0.4, -0.2) is 17.9 Å². The minimum Gasteiger partial charge on any atom is -0.370 e. The molecule has 112 valence electrons. The van der Waals surface area contributed by atoms with Crippen molar-refractivity contribution in [3.8, 4) is 0 Å². The zero-order valence-electron chi connectivity index (χ0n) is 10.7. The first-order valence-corrected chi connectivity index (χ1v) is 5.60. The Kier molecular flexibility index (Phi) is 7.09. The van der Waals surface area contributed by atoms with Gasteiger partial charge in [-0.2, -0.15) is 0 Å². The number of benzene rings is 1. The molecule has 0 saturated carbocycles. The number of nitrogens with two attached hydrogens (primary N) is 2. The van der Waals surface area contributed by atoms with Gasteiger partial charge in [-0.15, -0.1) is 12.4 Å². The van der Waals surface area contributed by atoms with Crippen molar-refractivity contribution in [3.63, 3.8) is 0 Å². The van der Waals surface area contributed by atoms with Crippen molar-refractivity contribution >= 4 is 24.2 Å². The molecule has 1 aromatic rings. The third-order valence-electron chi connectivity index (χ3n) is 2.55. The van der Waals surface area contributed by atoms with Crippen molar-refractivity contribution in [1.29, 1.82) is 0 Å². The highest BCUT2D eigenvalue weighted by molar-refractivity contribution is 5.87. The third kappa shape index (κ3) is 5.10. The molecule has 1 aromatic carbocycles. The Morgan fingerprint density at radius 3 is 2.45 bits per heavy atom. The van der Waals surface area contributed by atoms with E-state index in [1.807, 2.05) is 0 Å². The van der Waals surface area contributed by atoms with Gasteiger partial charge in [-0.25, -0.2) is 8.78 Å². The summed E-state index contributed by atoms with van der Waals surface area (Å²) in [5.74, 6) is -2.81. The van der Waals surface area contributed by atoms with Crippen molar-refractivity contribution in [2.75, 3.05) is 0 Å². The van der Waals surface area contributed by atoms with Crippen LogP contribution in [0.2, 0.25) is 0 Å². The van der Waals surface area contributed by atoms with Crippen molar-refractivity contribution in [3.05, 3.63) is 35.4 Å². The van der Waals surface area contributed by atoms with E-state index in [0.717, 1.165) is 12.1 Å². The lowest BCUT2D eigenvalue weighted by molar-refractivity contribution is -0.126. The number of primary amides is 1. The van der Waals surface area contributed by atoms with Crippen LogP contribution >= 0.6 is 12.4 Å². The number of hydrogen-bond donors (Lipinski definition) is 3. The molecule has 20 heavy (non-hydrogen) atoms. The van der Waals surface area contributed by atoms with E-state index in [9.17, 15) is 18.4 Å². The summed E-state index contributed by atoms with van der Waals surface area (Å²) in [5.41, 5.74) is 10.5. The van der Waals surface area contributed by atoms with Crippen LogP contribution < -0.4 is 16.8 Å². The highest BCUT2D eigenvalue weighted by atomic mass is 35.5. The molecule has 5 N–H and O–H groups in total. The van der Waals surface area contributed by atoms with Gasteiger partial charge in [0.2, 0.25) is 11.8 Å². The molecule has 0 aromatic heterocycles. The highest BCUT2D eigenvalue weighted by Crippen LogP contribution is 2.17. The van der Waals surface area contributed by atoms with Gasteiger partial charge in [-0.05, 0) is 13.0 Å². The molecule has 2 amide bonds. The Balaban J connectivity index is 0.00000361. The fraction of sp³-hybridized carbons (Fsp3) is 0.333. The first kappa shape index (κ1) is 18.3. The SMILES string of the molecule is CC(NC(=O)C(N)CC(N)=O)c1ccc(F)cc1F.Cl. The Bertz CT molecular complexity index is 500. The lowest BCUT2D eigenvalue weighted by atomic mass is 10.1. The van der Waals surface area contributed by atoms with Gasteiger partial charge in [-0.1, -0.05) is 6.07 Å². The maximum Gasteiger partial charge on any atom is 0.237 e. The lowest BCUT2D eigenvalue weighted by Gasteiger charge is -2.17. The summed E-state index contributed by atoms with van der Waals surface area (Å²) >= 11 is 0. The van der Waals surface area contributed by atoms with Gasteiger partial charge in [-0.3, -0.25) is 9.59 Å². The molecule has 8 heteroatoms. The molecule has 0 spiro atoms. The smallest absolute Gasteiger partial charge is 0.237 e. The van der Waals surface area contributed by atoms with E-state index < -0.39 is 35.5 Å². The van der Waals surface area contributed by atoms with Crippen LogP contribution in [0.5, 0.6) is 0 Å². The molecule has 0 aliphatic rings. The Morgan fingerprint density at radius 1 is 1.35 bits per heavy atom. The summed E-state index contributed by atoms with van der Waals surface area (Å²) in [5, 5.41) is 2.43. The molecule has 0 saturated heterocycles. The van der Waals surface area contributed by atoms with Crippen LogP contribution in [0, 0.1) is 11.6 Å². The van der Waals surface area contributed by atoms with Gasteiger partial charge in [0, 0.05) is 11.6 Å². The van der Waals surface area contributed by atoms with E-state index in [2.05, 4.69) is 5.32 Å². The molecule has 1 rings (SSSR count). The topological polar surface area (TPSA) is 98.2 Å². The van der Waals surface area contributed by atoms with Gasteiger partial charge in [0.15, 0.2) is 0 Å². The van der Waals surface area contributed by atoms with Gasteiger partial charge in [0.1, 0.15) is 11.6 Å². The lowest BCUT2D eigenvalue weighted by Crippen LogP contribution is -2.43. The molecular weight excluding hydrogens is 292 g/mol. The maximum absolute atomic E-state index is 13.5. The van der Waals surface area contributed by atoms with Crippen LogP contribution in [0.3, 0.4) is 0 Å². The minimum atomic E-state index is -1.09. The van der Waals surface area contributed by atoms with E-state index in [4.69, 9.17) is 11.5 Å². The van der Waals surface area contributed by atoms with Gasteiger partial charge >= 0.3 is 0 Å². The average molecular weight is 308 g/mol. The zero-order valence-corrected chi connectivity index (χ0v) is 11.5. The first-order chi connectivity index (χ1) is 8.81. The molecule has 2 unspecified atom stereocenters. The third-order valence-corrected chi connectivity index (χ3v) is 2.55. The first-order valence-electron chi connectivity index (χ1n) is 5.60. The summed E-state index contributed by atoms with van der Waals surface area (Å²) in [6.45, 7) is 1.52. The molecule has 5 nitrogen and oxygen atoms in total. The second-order valence-electron chi connectivity index (χ2n) is 4.17. The van der Waals surface area contributed by atoms with Crippen molar-refractivity contribution in [1.82, 2.24) is 5.32 Å². The molecule has 0 fully saturated rings. The molecule has 0 aliphatic carbocycles. The molecular formula is C12H16ClF2N3O2. The average Bonchev–Trinajstić information content (AvgIpc) is 2.27. The van der Waals surface area contributed by atoms with Gasteiger partial charge in [0.05, 0.1) is 18.5 Å². The largest absolute Gasteiger partial charge is 0.370 e. The van der Waals surface area contributed by atoms with Crippen LogP contribution in [0.1, 0.15) is 24.9 Å². The van der Waals surface area contributed by atoms with E-state index in [-0.39, 0.29) is 24.4 Å². The number of halogens is 3. The zero-order chi connectivity index (χ0) is 14.6. The summed E-state index contributed by atoms with van der Waals surface area (Å²) < 4.78 is 26.2. The Hall–Kier alpha value is -1.73. The number of rotatable bonds is 5. The predicted octanol–water partition coefficient (Wildman–Crippen LogP) is 0.766. The molecule has 2 atom stereocenters. The quantitative estimate of drug-likeness (QED) is 0.749. The van der Waals surface area contributed by atoms with Crippen LogP contribution in [0.25, 0.3) is 0 Å². The summed E-state index contributed by atoms with van der Waals surface area (Å²) in [4.78, 5) is 22.2. The van der Waals surface area contributed by atoms with Gasteiger partial charge < -0.3 is 16.8 Å². The highest BCUT2D eigenvalue weighted by Gasteiger charge is 2.20. The van der Waals surface area contributed by atoms with E-state index in [0.29, 0.717) is 0 Å². The number of nitrogens with one attached hydrogen (secondary N) is 1. The fourth-order valence-electron chi connectivity index (χ4n) is 1.56. The standard InChI is InChI=1S/C12H15F2N3O2.ClH/c1-6(8-3-2-7(13)4-9(8)14)17-12(19)10(15)5-11(16)18;/h2-4,6,10H,5,15H2,1H3,(H2,16,18)(H,17,19);1H. The monoisotopic (exact) mass is 307 g/mol. The number of carbonyl (C=O) groups excluding carboxylic acids is 2. The summed E-state index contributed by atoms with van der Waals surface area (Å²) in [6.07, 6.45) is -0.301. The Morgan fingerprint density at radius 2 is 1.95 bits per heavy atom. The number of amides is 2. The van der Waals surface area contributed by atoms with Crippen molar-refractivity contribution in [2.24, 2.45) is 11.5 Å². The van der Waals surface area contributed by atoms with Crippen LogP contribution in [0.15, 0.2) is 18.2 Å². The predicted molar refractivity (Wildman–Crippen MR) is 72.0 cm³/mol. The normalized spacial score (nSPS) is 13.0. The number of carbonyl (C=O) groups is 2. The summed E-state index contributed by atoms with van der Waals surface area (Å²) in [7, 11) is 0. The Labute approximate surface area is 121 Å². The van der Waals surface area contributed by atoms with Gasteiger partial charge in [0.25, 0.3) is 0 Å². The molecule has 0 bridgehead atoms. The van der Waals surface area contributed by atoms with Crippen molar-refractivity contribution in [2.45, 2.75) is 25.4 Å². The second-order valence-corrected chi connectivity index (χ2v) is 4.17. The summed E-state index contributed by atoms with van der Waals surface area (Å²) in [6, 6.07) is 1.25. The van der Waals surface area contributed by atoms with E-state index in [1.54, 1.807) is 0 Å². The fourth-order valence-corrected chi connectivity index (χ4v) is 1.56. The van der Waals surface area contributed by atoms with E-state index in [1.165, 1.54) is 13.0 Å². The van der Waals surface area contributed by atoms with E-state index >= 15 is 0 Å².